The van der Waals surface area contributed by atoms with Gasteiger partial charge in [0.1, 0.15) is 24.5 Å². The van der Waals surface area contributed by atoms with Gasteiger partial charge in [0.2, 0.25) is 35.9 Å². The second-order valence-corrected chi connectivity index (χ2v) is 28.7. The molecule has 4 N–H and O–H groups in total. The summed E-state index contributed by atoms with van der Waals surface area (Å²) in [6.07, 6.45) is 23.0. The normalized spacial score (nSPS) is 29.1. The molecular weight excluding hydrogens is 1170 g/mol. The van der Waals surface area contributed by atoms with Gasteiger partial charge in [-0.15, -0.1) is 0 Å². The van der Waals surface area contributed by atoms with E-state index in [1.807, 2.05) is 13.8 Å². The second-order valence-electron chi connectivity index (χ2n) is 28.7. The van der Waals surface area contributed by atoms with Crippen LogP contribution in [-0.2, 0) is 52.5 Å². The minimum atomic E-state index is -0.571. The van der Waals surface area contributed by atoms with E-state index in [9.17, 15) is 43.5 Å². The molecule has 0 aromatic rings. The van der Waals surface area contributed by atoms with Crippen molar-refractivity contribution in [2.24, 2.45) is 52.3 Å². The maximum Gasteiger partial charge on any atom is 0.407 e. The van der Waals surface area contributed by atoms with Gasteiger partial charge in [-0.2, -0.15) is 5.26 Å². The Bertz CT molecular complexity index is 2480. The monoisotopic (exact) mass is 1290 g/mol. The van der Waals surface area contributed by atoms with Crippen molar-refractivity contribution in [1.82, 2.24) is 35.6 Å². The summed E-state index contributed by atoms with van der Waals surface area (Å²) in [5.41, 5.74) is 2.29. The number of likely N-dealkylation sites (tertiary alicyclic amines) is 3. The van der Waals surface area contributed by atoms with E-state index in [2.05, 4.69) is 88.4 Å². The lowest BCUT2D eigenvalue weighted by Gasteiger charge is -2.58. The Morgan fingerprint density at radius 2 is 1.24 bits per heavy atom. The summed E-state index contributed by atoms with van der Waals surface area (Å²) in [6, 6.07) is 2.49. The number of ketones is 1. The van der Waals surface area contributed by atoms with Crippen LogP contribution in [0.1, 0.15) is 225 Å². The lowest BCUT2D eigenvalue weighted by atomic mass is 9.47. The van der Waals surface area contributed by atoms with Crippen molar-refractivity contribution in [3.63, 3.8) is 0 Å². The topological polar surface area (TPSA) is 267 Å². The van der Waals surface area contributed by atoms with Gasteiger partial charge in [0.05, 0.1) is 57.4 Å². The van der Waals surface area contributed by atoms with Crippen LogP contribution < -0.4 is 16.0 Å². The summed E-state index contributed by atoms with van der Waals surface area (Å²) in [6.45, 7) is 29.1. The number of amides is 6. The first-order valence-electron chi connectivity index (χ1n) is 35.5. The Labute approximate surface area is 551 Å². The van der Waals surface area contributed by atoms with Gasteiger partial charge in [-0.25, -0.2) is 4.79 Å². The molecule has 0 bridgehead atoms. The molecule has 3 saturated heterocycles. The largest absolute Gasteiger partial charge is 0.460 e. The minimum Gasteiger partial charge on any atom is -0.460 e. The number of alkyl carbamates (subject to hydrolysis) is 1. The molecule has 5 unspecified atom stereocenters. The molecule has 3 saturated carbocycles. The highest BCUT2D eigenvalue weighted by atomic mass is 16.7. The van der Waals surface area contributed by atoms with Crippen molar-refractivity contribution in [3.05, 3.63) is 11.6 Å². The van der Waals surface area contributed by atoms with E-state index in [1.165, 1.54) is 103 Å². The zero-order chi connectivity index (χ0) is 67.9. The number of ether oxygens (including phenoxy) is 4. The van der Waals surface area contributed by atoms with Crippen LogP contribution in [0.2, 0.25) is 0 Å². The number of rotatable bonds is 29. The molecule has 0 aromatic carbocycles. The molecule has 7 rings (SSSR count). The van der Waals surface area contributed by atoms with Gasteiger partial charge < -0.3 is 59.5 Å². The summed E-state index contributed by atoms with van der Waals surface area (Å²) in [5, 5.41) is 26.7. The fourth-order valence-electron chi connectivity index (χ4n) is 16.3. The maximum atomic E-state index is 12.6. The molecule has 6 amide bonds. The number of β-amino-alcohol motifs (C(OH)–C–C–N with tert-alkyl or cyclic N) is 1. The van der Waals surface area contributed by atoms with E-state index >= 15 is 0 Å². The Morgan fingerprint density at radius 3 is 1.80 bits per heavy atom. The van der Waals surface area contributed by atoms with Gasteiger partial charge in [0.15, 0.2) is 0 Å². The molecule has 522 valence electrons. The van der Waals surface area contributed by atoms with E-state index in [-0.39, 0.29) is 121 Å². The van der Waals surface area contributed by atoms with Crippen LogP contribution in [0, 0.1) is 63.6 Å². The van der Waals surface area contributed by atoms with Crippen molar-refractivity contribution >= 4 is 47.4 Å². The third-order valence-electron chi connectivity index (χ3n) is 21.8. The summed E-state index contributed by atoms with van der Waals surface area (Å²) in [7, 11) is 0. The molecule has 0 radical (unpaired) electrons. The number of hydrogen-bond donors (Lipinski definition) is 4. The standard InChI is InChI=1S/C36H60N2O4.C20H36N4O4.C15H24N2O5/c1-5-7-8-9-10-11-12-26-14-16-30-29-15-13-27-21-28(17-19-36(27,4)31(29)18-20-35(26,30)3)42-34(41)37-22-33(40)38-23-25(6-2)32(39)24-38;1-7-17-12-23(19(26)11-22-16(6)25)13-18(17)28-20(27-10-8-9-21)24(14(2)3)15(4)5;1-4-12-8-17(14(20)7-16-11(3)19)9-13(12)22-15(21)6-5-10(2)18/h13,25-26,28-32,39H,5-12,14-24H2,1-4H3,(H,37,41);14-15,17-18,20H,7-8,10-13H2,1-6H3,(H,22,25);12-13H,4-9H2,1-3H3,(H,16,19)/t25-,26+,28?,29?,30?,31?,32+,35-,36+;17-,18+,20?;12-,13+/m111/s1. The van der Waals surface area contributed by atoms with Crippen molar-refractivity contribution in [2.75, 3.05) is 65.5 Å². The lowest BCUT2D eigenvalue weighted by molar-refractivity contribution is -0.262. The Balaban J connectivity index is 0.000000267. The van der Waals surface area contributed by atoms with Crippen LogP contribution in [0.3, 0.4) is 0 Å². The number of esters is 1. The summed E-state index contributed by atoms with van der Waals surface area (Å²) < 4.78 is 23.5. The number of fused-ring (bicyclic) bond motifs is 5. The molecule has 7 aliphatic rings. The number of unbranched alkanes of at least 4 members (excludes halogenated alkanes) is 5. The predicted octanol–water partition coefficient (Wildman–Crippen LogP) is 9.62. The highest BCUT2D eigenvalue weighted by Gasteiger charge is 2.58. The van der Waals surface area contributed by atoms with E-state index in [0.29, 0.717) is 57.7 Å². The molecule has 21 heteroatoms. The van der Waals surface area contributed by atoms with Crippen LogP contribution >= 0.6 is 0 Å². The minimum absolute atomic E-state index is 0.00466. The van der Waals surface area contributed by atoms with Crippen LogP contribution in [0.5, 0.6) is 0 Å². The fraction of sp³-hybridized carbons (Fsp3) is 0.845. The third-order valence-corrected chi connectivity index (χ3v) is 21.8. The average Bonchev–Trinajstić information content (AvgIpc) is 1.32. The molecule has 6 fully saturated rings. The average molecular weight is 1290 g/mol. The number of carbonyl (C=O) groups excluding carboxylic acids is 8. The van der Waals surface area contributed by atoms with E-state index in [4.69, 9.17) is 24.2 Å². The van der Waals surface area contributed by atoms with Crippen molar-refractivity contribution in [2.45, 2.75) is 268 Å². The molecule has 0 aromatic heterocycles. The van der Waals surface area contributed by atoms with Crippen LogP contribution in [0.25, 0.3) is 0 Å². The molecular formula is C71H120N8O13. The van der Waals surface area contributed by atoms with Gasteiger partial charge in [-0.3, -0.25) is 33.7 Å². The fourth-order valence-corrected chi connectivity index (χ4v) is 16.3. The second kappa shape index (κ2) is 37.8. The highest BCUT2D eigenvalue weighted by Crippen LogP contribution is 2.67. The summed E-state index contributed by atoms with van der Waals surface area (Å²) >= 11 is 0. The van der Waals surface area contributed by atoms with Gasteiger partial charge in [-0.1, -0.05) is 91.7 Å². The molecule has 3 aliphatic heterocycles. The first kappa shape index (κ1) is 77.5. The quantitative estimate of drug-likeness (QED) is 0.0235. The smallest absolute Gasteiger partial charge is 0.407 e. The molecule has 4 aliphatic carbocycles. The molecule has 92 heavy (non-hydrogen) atoms. The highest BCUT2D eigenvalue weighted by molar-refractivity contribution is 5.85. The van der Waals surface area contributed by atoms with Crippen LogP contribution in [0.4, 0.5) is 4.79 Å². The van der Waals surface area contributed by atoms with Gasteiger partial charge in [-0.05, 0) is 140 Å². The summed E-state index contributed by atoms with van der Waals surface area (Å²) in [5.74, 6) is 2.40. The van der Waals surface area contributed by atoms with E-state index in [0.717, 1.165) is 62.2 Å². The SMILES string of the molecule is CCCCCCCC[C@H]1CCC2C3CC=C4CC(OC(=O)NCC(=O)N5C[C@@H](CC)[C@@H](O)C5)CC[C@]4(C)C3CC[C@@]21C.CC[C@@H]1CN(C(=O)CNC(C)=O)C[C@@H]1OC(=O)CCC(C)=O.CC[C@@H]1CN(C(=O)CNC(C)=O)C[C@@H]1OC(OCCC#N)N(C(C)C)C(C)C. The van der Waals surface area contributed by atoms with Crippen molar-refractivity contribution in [3.8, 4) is 6.07 Å². The molecule has 21 nitrogen and oxygen atoms in total. The number of hydrogen-bond acceptors (Lipinski definition) is 15. The maximum absolute atomic E-state index is 12.6. The van der Waals surface area contributed by atoms with Crippen molar-refractivity contribution in [1.29, 1.82) is 5.26 Å². The lowest BCUT2D eigenvalue weighted by Crippen LogP contribution is -2.50. The van der Waals surface area contributed by atoms with Gasteiger partial charge in [0, 0.05) is 89.3 Å². The van der Waals surface area contributed by atoms with Gasteiger partial charge >= 0.3 is 12.1 Å². The predicted molar refractivity (Wildman–Crippen MR) is 353 cm³/mol. The number of aliphatic hydroxyl groups excluding tert-OH is 1. The number of allylic oxidation sites excluding steroid dienone is 1. The van der Waals surface area contributed by atoms with Gasteiger partial charge in [0.25, 0.3) is 0 Å². The Morgan fingerprint density at radius 1 is 0.674 bits per heavy atom. The first-order valence-corrected chi connectivity index (χ1v) is 35.5. The number of nitrogens with zero attached hydrogens (tertiary/aromatic N) is 5. The molecule has 0 spiro atoms. The van der Waals surface area contributed by atoms with Crippen molar-refractivity contribution < 1.29 is 62.4 Å². The summed E-state index contributed by atoms with van der Waals surface area (Å²) in [4.78, 5) is 101. The van der Waals surface area contributed by atoms with Crippen LogP contribution in [-0.4, -0.2) is 181 Å². The number of nitrogens with one attached hydrogen (secondary N) is 3. The zero-order valence-electron chi connectivity index (χ0n) is 58.7. The van der Waals surface area contributed by atoms with E-state index < -0.39 is 24.6 Å². The molecule has 14 atom stereocenters. The Kier molecular flexibility index (Phi) is 31.9. The first-order chi connectivity index (χ1) is 43.7. The van der Waals surface area contributed by atoms with Crippen LogP contribution in [0.15, 0.2) is 11.6 Å². The molecule has 3 heterocycles. The third kappa shape index (κ3) is 22.2. The number of nitriles is 1. The number of aliphatic hydroxyl groups is 1. The zero-order valence-corrected chi connectivity index (χ0v) is 58.7. The van der Waals surface area contributed by atoms with E-state index in [1.54, 1.807) is 14.7 Å². The number of Topliss-reactive ketones (excluding diaryl/α,β-unsaturated/α-hetero) is 1. The number of carbonyl (C=O) groups is 8. The Hall–Kier alpha value is -5.17.